The summed E-state index contributed by atoms with van der Waals surface area (Å²) in [5, 5.41) is 1.07. The molecule has 0 spiro atoms. The third-order valence-corrected chi connectivity index (χ3v) is 6.73. The second-order valence-corrected chi connectivity index (χ2v) is 9.66. The zero-order chi connectivity index (χ0) is 23.7. The molecule has 174 valence electrons. The van der Waals surface area contributed by atoms with Crippen LogP contribution < -0.4 is 11.5 Å². The number of pyridine rings is 1. The van der Waals surface area contributed by atoms with E-state index < -0.39 is 0 Å². The number of hydrogen-bond donors (Lipinski definition) is 2. The quantitative estimate of drug-likeness (QED) is 0.584. The molecule has 1 aliphatic carbocycles. The Morgan fingerprint density at radius 3 is 2.56 bits per heavy atom. The number of rotatable bonds is 6. The summed E-state index contributed by atoms with van der Waals surface area (Å²) in [6.45, 7) is 2.05. The molecule has 1 aliphatic heterocycles. The van der Waals surface area contributed by atoms with Crippen molar-refractivity contribution >= 4 is 22.4 Å². The maximum absolute atomic E-state index is 6.73. The molecular weight excluding hydrogens is 420 g/mol. The standard InChI is InChI=1S/C28H32N6/c1-33(2)17-19-14-20(15-19)18-34-13-12-31-28(30)27(34)26(29)23-9-8-22-10-11-24(32-25(22)16-23)21-6-4-3-5-7-21/h3-13,16,19-20H,14-15,17-18,29H2,1-2H3,(H2,30,31)/b27-26-. The molecule has 0 amide bonds. The van der Waals surface area contributed by atoms with Gasteiger partial charge in [-0.25, -0.2) is 9.98 Å². The minimum absolute atomic E-state index is 0.454. The first kappa shape index (κ1) is 22.2. The highest BCUT2D eigenvalue weighted by molar-refractivity contribution is 6.04. The summed E-state index contributed by atoms with van der Waals surface area (Å²) in [5.41, 5.74) is 18.3. The summed E-state index contributed by atoms with van der Waals surface area (Å²) in [4.78, 5) is 13.7. The third kappa shape index (κ3) is 4.54. The van der Waals surface area contributed by atoms with Crippen molar-refractivity contribution < 1.29 is 0 Å². The lowest BCUT2D eigenvalue weighted by Gasteiger charge is -2.40. The van der Waals surface area contributed by atoms with E-state index in [1.54, 1.807) is 6.20 Å². The molecule has 2 aromatic carbocycles. The molecular formula is C28H32N6. The number of aromatic nitrogens is 1. The van der Waals surface area contributed by atoms with Crippen molar-refractivity contribution in [1.29, 1.82) is 0 Å². The third-order valence-electron chi connectivity index (χ3n) is 6.73. The SMILES string of the molecule is CN(C)CC1CC(CN2C=CN=C(N)/C2=C(/N)c2ccc3ccc(-c4ccccc4)nc3c2)C1. The number of aliphatic imine (C=N–C) groups is 1. The van der Waals surface area contributed by atoms with Gasteiger partial charge in [0.05, 0.1) is 16.9 Å². The Hall–Kier alpha value is -3.64. The first-order chi connectivity index (χ1) is 16.5. The van der Waals surface area contributed by atoms with Gasteiger partial charge in [-0.15, -0.1) is 0 Å². The van der Waals surface area contributed by atoms with E-state index >= 15 is 0 Å². The molecule has 0 saturated heterocycles. The van der Waals surface area contributed by atoms with E-state index in [9.17, 15) is 0 Å². The number of nitrogens with zero attached hydrogens (tertiary/aromatic N) is 4. The van der Waals surface area contributed by atoms with Crippen LogP contribution in [-0.2, 0) is 0 Å². The monoisotopic (exact) mass is 452 g/mol. The van der Waals surface area contributed by atoms with Crippen molar-refractivity contribution in [2.24, 2.45) is 28.3 Å². The van der Waals surface area contributed by atoms with Crippen molar-refractivity contribution in [2.45, 2.75) is 12.8 Å². The Balaban J connectivity index is 1.43. The zero-order valence-electron chi connectivity index (χ0n) is 19.9. The molecule has 2 heterocycles. The number of amidine groups is 1. The number of hydrogen-bond acceptors (Lipinski definition) is 6. The smallest absolute Gasteiger partial charge is 0.149 e. The second-order valence-electron chi connectivity index (χ2n) is 9.66. The zero-order valence-corrected chi connectivity index (χ0v) is 19.9. The Morgan fingerprint density at radius 2 is 1.79 bits per heavy atom. The van der Waals surface area contributed by atoms with Crippen LogP contribution in [0, 0.1) is 11.8 Å². The van der Waals surface area contributed by atoms with E-state index in [1.807, 2.05) is 36.5 Å². The Labute approximate surface area is 201 Å². The van der Waals surface area contributed by atoms with Crippen LogP contribution in [0.4, 0.5) is 0 Å². The number of fused-ring (bicyclic) bond motifs is 1. The van der Waals surface area contributed by atoms with Gasteiger partial charge in [-0.1, -0.05) is 48.5 Å². The Bertz CT molecular complexity index is 1270. The molecule has 1 fully saturated rings. The van der Waals surface area contributed by atoms with Crippen molar-refractivity contribution in [3.63, 3.8) is 0 Å². The lowest BCUT2D eigenvalue weighted by atomic mass is 9.74. The van der Waals surface area contributed by atoms with Crippen molar-refractivity contribution in [3.05, 3.63) is 84.3 Å². The first-order valence-corrected chi connectivity index (χ1v) is 11.9. The van der Waals surface area contributed by atoms with Gasteiger partial charge in [0.25, 0.3) is 0 Å². The normalized spacial score (nSPS) is 21.5. The summed E-state index contributed by atoms with van der Waals surface area (Å²) in [5.74, 6) is 1.86. The predicted octanol–water partition coefficient (Wildman–Crippen LogP) is 4.26. The van der Waals surface area contributed by atoms with Crippen molar-refractivity contribution in [2.75, 3.05) is 27.2 Å². The lowest BCUT2D eigenvalue weighted by molar-refractivity contribution is 0.131. The van der Waals surface area contributed by atoms with Gasteiger partial charge in [-0.05, 0) is 50.9 Å². The van der Waals surface area contributed by atoms with Gasteiger partial charge in [0.15, 0.2) is 0 Å². The molecule has 0 bridgehead atoms. The van der Waals surface area contributed by atoms with Crippen LogP contribution in [-0.4, -0.2) is 47.8 Å². The molecule has 3 aromatic rings. The lowest BCUT2D eigenvalue weighted by Crippen LogP contribution is -2.41. The summed E-state index contributed by atoms with van der Waals surface area (Å²) in [6.07, 6.45) is 6.21. The Morgan fingerprint density at radius 1 is 1.03 bits per heavy atom. The van der Waals surface area contributed by atoms with Gasteiger partial charge in [-0.2, -0.15) is 0 Å². The van der Waals surface area contributed by atoms with Crippen LogP contribution in [0.25, 0.3) is 27.9 Å². The molecule has 0 radical (unpaired) electrons. The maximum atomic E-state index is 6.73. The largest absolute Gasteiger partial charge is 0.396 e. The molecule has 6 heteroatoms. The van der Waals surface area contributed by atoms with Crippen LogP contribution in [0.3, 0.4) is 0 Å². The fourth-order valence-electron chi connectivity index (χ4n) is 5.08. The highest BCUT2D eigenvalue weighted by Crippen LogP contribution is 2.36. The van der Waals surface area contributed by atoms with E-state index in [2.05, 4.69) is 59.2 Å². The van der Waals surface area contributed by atoms with Crippen LogP contribution in [0.1, 0.15) is 18.4 Å². The van der Waals surface area contributed by atoms with Crippen LogP contribution in [0.5, 0.6) is 0 Å². The van der Waals surface area contributed by atoms with E-state index in [-0.39, 0.29) is 0 Å². The molecule has 1 saturated carbocycles. The summed E-state index contributed by atoms with van der Waals surface area (Å²) in [6, 6.07) is 20.5. The van der Waals surface area contributed by atoms with E-state index in [4.69, 9.17) is 16.5 Å². The predicted molar refractivity (Wildman–Crippen MR) is 141 cm³/mol. The summed E-state index contributed by atoms with van der Waals surface area (Å²) in [7, 11) is 4.28. The topological polar surface area (TPSA) is 83.8 Å². The molecule has 0 unspecified atom stereocenters. The molecule has 2 aliphatic rings. The maximum Gasteiger partial charge on any atom is 0.149 e. The number of nitrogens with two attached hydrogens (primary N) is 2. The van der Waals surface area contributed by atoms with E-state index in [1.165, 1.54) is 12.8 Å². The minimum atomic E-state index is 0.454. The van der Waals surface area contributed by atoms with E-state index in [0.717, 1.165) is 52.4 Å². The molecule has 5 rings (SSSR count). The molecule has 34 heavy (non-hydrogen) atoms. The van der Waals surface area contributed by atoms with Gasteiger partial charge in [-0.3, -0.25) is 0 Å². The number of benzene rings is 2. The van der Waals surface area contributed by atoms with Crippen LogP contribution in [0.2, 0.25) is 0 Å². The highest BCUT2D eigenvalue weighted by Gasteiger charge is 2.32. The van der Waals surface area contributed by atoms with Crippen molar-refractivity contribution in [1.82, 2.24) is 14.8 Å². The first-order valence-electron chi connectivity index (χ1n) is 11.9. The average Bonchev–Trinajstić information content (AvgIpc) is 2.82. The van der Waals surface area contributed by atoms with Crippen molar-refractivity contribution in [3.8, 4) is 11.3 Å². The Kier molecular flexibility index (Phi) is 6.07. The second kappa shape index (κ2) is 9.31. The summed E-state index contributed by atoms with van der Waals surface area (Å²) >= 11 is 0. The van der Waals surface area contributed by atoms with Gasteiger partial charge in [0.2, 0.25) is 0 Å². The van der Waals surface area contributed by atoms with Gasteiger partial charge in [0.1, 0.15) is 11.5 Å². The van der Waals surface area contributed by atoms with E-state index in [0.29, 0.717) is 17.5 Å². The molecule has 1 aromatic heterocycles. The van der Waals surface area contributed by atoms with Gasteiger partial charge >= 0.3 is 0 Å². The highest BCUT2D eigenvalue weighted by atomic mass is 15.2. The molecule has 4 N–H and O–H groups in total. The van der Waals surface area contributed by atoms with Crippen LogP contribution in [0.15, 0.2) is 83.8 Å². The summed E-state index contributed by atoms with van der Waals surface area (Å²) < 4.78 is 0. The fraction of sp³-hybridized carbons (Fsp3) is 0.286. The van der Waals surface area contributed by atoms with Gasteiger partial charge in [0, 0.05) is 42.0 Å². The van der Waals surface area contributed by atoms with Crippen LogP contribution >= 0.6 is 0 Å². The van der Waals surface area contributed by atoms with Gasteiger partial charge < -0.3 is 21.3 Å². The minimum Gasteiger partial charge on any atom is -0.396 e. The molecule has 6 nitrogen and oxygen atoms in total. The fourth-order valence-corrected chi connectivity index (χ4v) is 5.08. The average molecular weight is 453 g/mol. The molecule has 0 atom stereocenters.